The highest BCUT2D eigenvalue weighted by atomic mass is 14.6. The topological polar surface area (TPSA) is 26.0 Å². The zero-order valence-electron chi connectivity index (χ0n) is 11.0. The molecule has 2 rings (SSSR count). The quantitative estimate of drug-likeness (QED) is 0.806. The fraction of sp³-hybridized carbons (Fsp3) is 0.625. The molecule has 0 radical (unpaired) electrons. The molecule has 1 aromatic rings. The first-order valence-corrected chi connectivity index (χ1v) is 7.14. The van der Waals surface area contributed by atoms with Gasteiger partial charge in [0.2, 0.25) is 0 Å². The van der Waals surface area contributed by atoms with Gasteiger partial charge in [-0.1, -0.05) is 63.3 Å². The first-order chi connectivity index (χ1) is 8.29. The van der Waals surface area contributed by atoms with Gasteiger partial charge in [-0.05, 0) is 29.9 Å². The van der Waals surface area contributed by atoms with Crippen LogP contribution in [0.2, 0.25) is 0 Å². The van der Waals surface area contributed by atoms with Gasteiger partial charge < -0.3 is 5.73 Å². The Bertz CT molecular complexity index is 339. The number of rotatable bonds is 5. The van der Waals surface area contributed by atoms with Crippen LogP contribution in [0, 0.1) is 5.92 Å². The molecule has 1 saturated carbocycles. The van der Waals surface area contributed by atoms with Crippen molar-refractivity contribution in [2.45, 2.75) is 57.9 Å². The third kappa shape index (κ3) is 3.57. The molecule has 0 spiro atoms. The van der Waals surface area contributed by atoms with Crippen molar-refractivity contribution in [3.8, 4) is 0 Å². The largest absolute Gasteiger partial charge is 0.324 e. The molecule has 1 atom stereocenters. The minimum atomic E-state index is 0.245. The molecule has 0 aromatic heterocycles. The average molecular weight is 231 g/mol. The lowest BCUT2D eigenvalue weighted by molar-refractivity contribution is 0.450. The second-order valence-corrected chi connectivity index (χ2v) is 5.49. The lowest BCUT2D eigenvalue weighted by Gasteiger charge is -2.17. The fourth-order valence-electron chi connectivity index (χ4n) is 3.01. The van der Waals surface area contributed by atoms with Gasteiger partial charge in [-0.15, -0.1) is 0 Å². The Balaban J connectivity index is 1.97. The Morgan fingerprint density at radius 3 is 2.76 bits per heavy atom. The molecule has 1 aliphatic rings. The highest BCUT2D eigenvalue weighted by molar-refractivity contribution is 5.26. The maximum Gasteiger partial charge on any atom is 0.0297 e. The molecule has 0 saturated heterocycles. The molecular weight excluding hydrogens is 206 g/mol. The van der Waals surface area contributed by atoms with Gasteiger partial charge in [-0.25, -0.2) is 0 Å². The smallest absolute Gasteiger partial charge is 0.0297 e. The van der Waals surface area contributed by atoms with Crippen molar-refractivity contribution in [1.82, 2.24) is 0 Å². The number of nitrogens with two attached hydrogens (primary N) is 1. The molecule has 1 nitrogen and oxygen atoms in total. The van der Waals surface area contributed by atoms with Crippen molar-refractivity contribution in [2.24, 2.45) is 11.7 Å². The van der Waals surface area contributed by atoms with E-state index in [0.717, 1.165) is 5.92 Å². The number of benzene rings is 1. The molecule has 0 heterocycles. The molecule has 94 valence electrons. The second-order valence-electron chi connectivity index (χ2n) is 5.49. The van der Waals surface area contributed by atoms with Crippen LogP contribution in [-0.2, 0) is 6.42 Å². The molecule has 0 amide bonds. The van der Waals surface area contributed by atoms with Gasteiger partial charge in [0.25, 0.3) is 0 Å². The molecule has 0 bridgehead atoms. The summed E-state index contributed by atoms with van der Waals surface area (Å²) in [6.07, 6.45) is 9.16. The van der Waals surface area contributed by atoms with Crippen LogP contribution in [0.25, 0.3) is 0 Å². The molecule has 1 heteroatoms. The third-order valence-electron chi connectivity index (χ3n) is 3.98. The van der Waals surface area contributed by atoms with Gasteiger partial charge in [0, 0.05) is 6.04 Å². The number of hydrogen-bond acceptors (Lipinski definition) is 1. The molecule has 1 fully saturated rings. The summed E-state index contributed by atoms with van der Waals surface area (Å²) in [5.41, 5.74) is 9.11. The van der Waals surface area contributed by atoms with E-state index in [4.69, 9.17) is 5.73 Å². The van der Waals surface area contributed by atoms with Gasteiger partial charge in [0.05, 0.1) is 0 Å². The van der Waals surface area contributed by atoms with Gasteiger partial charge in [-0.3, -0.25) is 0 Å². The first kappa shape index (κ1) is 12.6. The van der Waals surface area contributed by atoms with E-state index in [9.17, 15) is 0 Å². The summed E-state index contributed by atoms with van der Waals surface area (Å²) in [7, 11) is 0. The van der Waals surface area contributed by atoms with E-state index in [2.05, 4.69) is 31.2 Å². The van der Waals surface area contributed by atoms with Crippen LogP contribution in [-0.4, -0.2) is 0 Å². The summed E-state index contributed by atoms with van der Waals surface area (Å²) in [6.45, 7) is 2.23. The Morgan fingerprint density at radius 2 is 2.06 bits per heavy atom. The van der Waals surface area contributed by atoms with Gasteiger partial charge in [0.1, 0.15) is 0 Å². The highest BCUT2D eigenvalue weighted by Crippen LogP contribution is 2.32. The minimum absolute atomic E-state index is 0.245. The Morgan fingerprint density at radius 1 is 1.29 bits per heavy atom. The predicted molar refractivity (Wildman–Crippen MR) is 73.9 cm³/mol. The van der Waals surface area contributed by atoms with E-state index in [1.807, 2.05) is 0 Å². The normalized spacial score (nSPS) is 18.5. The Hall–Kier alpha value is -0.820. The minimum Gasteiger partial charge on any atom is -0.324 e. The molecule has 17 heavy (non-hydrogen) atoms. The summed E-state index contributed by atoms with van der Waals surface area (Å²) in [6, 6.07) is 9.13. The zero-order chi connectivity index (χ0) is 12.1. The molecule has 1 unspecified atom stereocenters. The molecule has 1 aliphatic carbocycles. The predicted octanol–water partition coefficient (Wildman–Crippen LogP) is 4.22. The Kier molecular flexibility index (Phi) is 4.61. The van der Waals surface area contributed by atoms with E-state index in [1.165, 1.54) is 56.1 Å². The van der Waals surface area contributed by atoms with Crippen molar-refractivity contribution >= 4 is 0 Å². The standard InChI is InChI=1S/C16H25N/c1-2-6-13-9-5-10-15(11-13)16(17)12-14-7-3-4-8-14/h5,9-11,14,16H,2-4,6-8,12,17H2,1H3. The van der Waals surface area contributed by atoms with E-state index in [1.54, 1.807) is 0 Å². The van der Waals surface area contributed by atoms with Gasteiger partial charge in [0.15, 0.2) is 0 Å². The second kappa shape index (κ2) is 6.20. The van der Waals surface area contributed by atoms with Crippen molar-refractivity contribution in [2.75, 3.05) is 0 Å². The molecule has 1 aromatic carbocycles. The van der Waals surface area contributed by atoms with E-state index in [0.29, 0.717) is 0 Å². The highest BCUT2D eigenvalue weighted by Gasteiger charge is 2.18. The monoisotopic (exact) mass is 231 g/mol. The maximum atomic E-state index is 6.34. The van der Waals surface area contributed by atoms with Crippen molar-refractivity contribution in [3.05, 3.63) is 35.4 Å². The first-order valence-electron chi connectivity index (χ1n) is 7.14. The van der Waals surface area contributed by atoms with Crippen LogP contribution in [0.15, 0.2) is 24.3 Å². The van der Waals surface area contributed by atoms with E-state index in [-0.39, 0.29) is 6.04 Å². The third-order valence-corrected chi connectivity index (χ3v) is 3.98. The summed E-state index contributed by atoms with van der Waals surface area (Å²) in [5, 5.41) is 0. The van der Waals surface area contributed by atoms with Crippen LogP contribution in [0.5, 0.6) is 0 Å². The maximum absolute atomic E-state index is 6.34. The molecule has 2 N–H and O–H groups in total. The Labute approximate surface area is 105 Å². The summed E-state index contributed by atoms with van der Waals surface area (Å²) >= 11 is 0. The van der Waals surface area contributed by atoms with Crippen LogP contribution < -0.4 is 5.73 Å². The average Bonchev–Trinajstić information content (AvgIpc) is 2.83. The van der Waals surface area contributed by atoms with Gasteiger partial charge in [-0.2, -0.15) is 0 Å². The SMILES string of the molecule is CCCc1cccc(C(N)CC2CCCC2)c1. The zero-order valence-corrected chi connectivity index (χ0v) is 11.0. The molecular formula is C16H25N. The van der Waals surface area contributed by atoms with E-state index < -0.39 is 0 Å². The van der Waals surface area contributed by atoms with Crippen LogP contribution in [0.4, 0.5) is 0 Å². The van der Waals surface area contributed by atoms with Crippen LogP contribution in [0.3, 0.4) is 0 Å². The van der Waals surface area contributed by atoms with E-state index >= 15 is 0 Å². The van der Waals surface area contributed by atoms with Gasteiger partial charge >= 0.3 is 0 Å². The van der Waals surface area contributed by atoms with Crippen LogP contribution >= 0.6 is 0 Å². The number of aryl methyl sites for hydroxylation is 1. The summed E-state index contributed by atoms with van der Waals surface area (Å²) in [4.78, 5) is 0. The lowest BCUT2D eigenvalue weighted by Crippen LogP contribution is -2.14. The lowest BCUT2D eigenvalue weighted by atomic mass is 9.93. The summed E-state index contributed by atoms with van der Waals surface area (Å²) < 4.78 is 0. The van der Waals surface area contributed by atoms with Crippen molar-refractivity contribution in [3.63, 3.8) is 0 Å². The number of hydrogen-bond donors (Lipinski definition) is 1. The van der Waals surface area contributed by atoms with Crippen molar-refractivity contribution < 1.29 is 0 Å². The van der Waals surface area contributed by atoms with Crippen molar-refractivity contribution in [1.29, 1.82) is 0 Å². The molecule has 0 aliphatic heterocycles. The summed E-state index contributed by atoms with van der Waals surface area (Å²) in [5.74, 6) is 0.875. The van der Waals surface area contributed by atoms with Crippen LogP contribution in [0.1, 0.15) is 62.6 Å². The fourth-order valence-corrected chi connectivity index (χ4v) is 3.01.